The minimum Gasteiger partial charge on any atom is -0.374 e. The van der Waals surface area contributed by atoms with Crippen LogP contribution in [-0.2, 0) is 17.1 Å². The fraction of sp³-hybridized carbons (Fsp3) is 0.409. The average molecular weight is 389 g/mol. The number of hydrogen-bond donors (Lipinski definition) is 0. The molecule has 146 valence electrons. The van der Waals surface area contributed by atoms with Gasteiger partial charge in [0.15, 0.2) is 5.91 Å². The zero-order valence-electron chi connectivity index (χ0n) is 16.6. The molecule has 0 aliphatic carbocycles. The molecule has 25 heavy (non-hydrogen) atoms. The molecule has 0 N–H and O–H groups in total. The monoisotopic (exact) mass is 389 g/mol. The Kier molecular flexibility index (Phi) is 29.0. The van der Waals surface area contributed by atoms with Gasteiger partial charge in [0.05, 0.1) is 0 Å². The summed E-state index contributed by atoms with van der Waals surface area (Å²) in [6.07, 6.45) is 0. The van der Waals surface area contributed by atoms with E-state index in [1.807, 2.05) is 101 Å². The Balaban J connectivity index is -0.000000104. The SMILES string of the molecule is C.CC.CC(C)N(C(=O)c1ccc[cH-]1)C(C)C.[CH3-].[CH3-].[Fe+4].c1cc[cH-]c1. The van der Waals surface area contributed by atoms with Gasteiger partial charge in [-0.1, -0.05) is 26.8 Å². The van der Waals surface area contributed by atoms with Crippen LogP contribution < -0.4 is 0 Å². The van der Waals surface area contributed by atoms with Crippen LogP contribution in [0.15, 0.2) is 54.6 Å². The third-order valence-electron chi connectivity index (χ3n) is 2.81. The normalized spacial score (nSPS) is 8.00. The van der Waals surface area contributed by atoms with Gasteiger partial charge < -0.3 is 24.5 Å². The molecular formula is C22H39FeNO. The van der Waals surface area contributed by atoms with Crippen molar-refractivity contribution in [3.8, 4) is 0 Å². The van der Waals surface area contributed by atoms with Crippen molar-refractivity contribution in [2.45, 2.75) is 61.1 Å². The quantitative estimate of drug-likeness (QED) is 0.426. The molecule has 0 saturated heterocycles. The molecule has 0 bridgehead atoms. The van der Waals surface area contributed by atoms with Crippen molar-refractivity contribution >= 4 is 5.91 Å². The Morgan fingerprint density at radius 2 is 1.36 bits per heavy atom. The molecule has 2 rings (SSSR count). The van der Waals surface area contributed by atoms with E-state index in [-0.39, 0.29) is 57.3 Å². The van der Waals surface area contributed by atoms with Gasteiger partial charge in [0.1, 0.15) is 0 Å². The maximum absolute atomic E-state index is 12.0. The zero-order valence-corrected chi connectivity index (χ0v) is 17.7. The van der Waals surface area contributed by atoms with E-state index in [0.29, 0.717) is 0 Å². The van der Waals surface area contributed by atoms with Crippen LogP contribution in [0.2, 0.25) is 0 Å². The fourth-order valence-corrected chi connectivity index (χ4v) is 2.05. The third-order valence-corrected chi connectivity index (χ3v) is 2.81. The van der Waals surface area contributed by atoms with E-state index in [1.165, 1.54) is 0 Å². The molecule has 0 unspecified atom stereocenters. The van der Waals surface area contributed by atoms with Gasteiger partial charge in [-0.2, -0.15) is 36.4 Å². The first-order chi connectivity index (χ1) is 10.0. The average Bonchev–Trinajstić information content (AvgIpc) is 3.16. The van der Waals surface area contributed by atoms with Crippen LogP contribution in [0.3, 0.4) is 0 Å². The predicted octanol–water partition coefficient (Wildman–Crippen LogP) is 6.63. The Bertz CT molecular complexity index is 419. The molecular weight excluding hydrogens is 350 g/mol. The maximum Gasteiger partial charge on any atom is 4.00 e. The van der Waals surface area contributed by atoms with Gasteiger partial charge >= 0.3 is 17.1 Å². The Morgan fingerprint density at radius 1 is 0.920 bits per heavy atom. The molecule has 2 aromatic carbocycles. The van der Waals surface area contributed by atoms with Crippen molar-refractivity contribution < 1.29 is 21.9 Å². The number of carbonyl (C=O) groups is 1. The van der Waals surface area contributed by atoms with Crippen LogP contribution in [0.25, 0.3) is 0 Å². The first kappa shape index (κ1) is 34.9. The number of nitrogens with zero attached hydrogens (tertiary/aromatic N) is 1. The van der Waals surface area contributed by atoms with Crippen LogP contribution in [0, 0.1) is 14.9 Å². The molecule has 0 saturated carbocycles. The molecule has 0 fully saturated rings. The number of rotatable bonds is 3. The summed E-state index contributed by atoms with van der Waals surface area (Å²) >= 11 is 0. The van der Waals surface area contributed by atoms with E-state index in [9.17, 15) is 4.79 Å². The Labute approximate surface area is 168 Å². The number of hydrogen-bond acceptors (Lipinski definition) is 1. The van der Waals surface area contributed by atoms with Crippen LogP contribution in [0.4, 0.5) is 0 Å². The van der Waals surface area contributed by atoms with Gasteiger partial charge in [0.2, 0.25) is 0 Å². The van der Waals surface area contributed by atoms with Gasteiger partial charge in [-0.3, -0.25) is 0 Å². The Hall–Kier alpha value is -1.31. The van der Waals surface area contributed by atoms with Crippen LogP contribution in [0.1, 0.15) is 59.3 Å². The van der Waals surface area contributed by atoms with E-state index in [0.717, 1.165) is 5.56 Å². The van der Waals surface area contributed by atoms with Crippen molar-refractivity contribution in [2.24, 2.45) is 0 Å². The van der Waals surface area contributed by atoms with Crippen molar-refractivity contribution in [2.75, 3.05) is 0 Å². The minimum atomic E-state index is 0. The molecule has 3 heteroatoms. The summed E-state index contributed by atoms with van der Waals surface area (Å²) in [5.74, 6) is 0.125. The van der Waals surface area contributed by atoms with E-state index >= 15 is 0 Å². The van der Waals surface area contributed by atoms with Crippen LogP contribution in [-0.4, -0.2) is 22.9 Å². The summed E-state index contributed by atoms with van der Waals surface area (Å²) in [7, 11) is 0. The summed E-state index contributed by atoms with van der Waals surface area (Å²) in [5.41, 5.74) is 0.785. The summed E-state index contributed by atoms with van der Waals surface area (Å²) in [6, 6.07) is 18.0. The summed E-state index contributed by atoms with van der Waals surface area (Å²) in [5, 5.41) is 0. The molecule has 0 heterocycles. The van der Waals surface area contributed by atoms with Crippen molar-refractivity contribution in [1.82, 2.24) is 4.90 Å². The first-order valence-corrected chi connectivity index (χ1v) is 7.75. The molecule has 0 radical (unpaired) electrons. The number of carbonyl (C=O) groups excluding carboxylic acids is 1. The van der Waals surface area contributed by atoms with Crippen LogP contribution in [0.5, 0.6) is 0 Å². The summed E-state index contributed by atoms with van der Waals surface area (Å²) in [6.45, 7) is 12.2. The van der Waals surface area contributed by atoms with E-state index in [4.69, 9.17) is 0 Å². The second-order valence-electron chi connectivity index (χ2n) is 5.04. The Morgan fingerprint density at radius 3 is 1.60 bits per heavy atom. The van der Waals surface area contributed by atoms with Gasteiger partial charge in [-0.05, 0) is 27.7 Å². The predicted molar refractivity (Wildman–Crippen MR) is 111 cm³/mol. The van der Waals surface area contributed by atoms with Crippen LogP contribution >= 0.6 is 0 Å². The van der Waals surface area contributed by atoms with E-state index in [1.54, 1.807) is 0 Å². The zero-order chi connectivity index (χ0) is 16.3. The van der Waals surface area contributed by atoms with Gasteiger partial charge in [-0.15, -0.1) is 6.07 Å². The third kappa shape index (κ3) is 13.6. The molecule has 0 aromatic heterocycles. The molecule has 0 atom stereocenters. The molecule has 1 amide bonds. The van der Waals surface area contributed by atoms with Crippen molar-refractivity contribution in [1.29, 1.82) is 0 Å². The topological polar surface area (TPSA) is 20.3 Å². The molecule has 2 aromatic rings. The first-order valence-electron chi connectivity index (χ1n) is 7.75. The number of amides is 1. The van der Waals surface area contributed by atoms with Gasteiger partial charge in [0, 0.05) is 12.1 Å². The largest absolute Gasteiger partial charge is 4.00 e. The standard InChI is InChI=1S/C12H18NO.C5H5.C2H6.CH4.2CH3.Fe/c1-9(2)13(10(3)4)12(14)11-7-5-6-8-11;1-2-4-5-3-1;1-2;;;;/h5-10H,1-4H3;1-5H;1-2H3;1H4;2*1H3;/q2*-1;;;2*-1;+4. The summed E-state index contributed by atoms with van der Waals surface area (Å²) < 4.78 is 0. The molecule has 0 spiro atoms. The smallest absolute Gasteiger partial charge is 0.374 e. The molecule has 2 nitrogen and oxygen atoms in total. The maximum atomic E-state index is 12.0. The van der Waals surface area contributed by atoms with E-state index in [2.05, 4.69) is 0 Å². The van der Waals surface area contributed by atoms with Gasteiger partial charge in [0.25, 0.3) is 0 Å². The second-order valence-corrected chi connectivity index (χ2v) is 5.04. The molecule has 0 aliphatic heterocycles. The molecule has 0 aliphatic rings. The fourth-order valence-electron chi connectivity index (χ4n) is 2.05. The van der Waals surface area contributed by atoms with Gasteiger partial charge in [-0.25, -0.2) is 12.1 Å². The van der Waals surface area contributed by atoms with Crippen molar-refractivity contribution in [3.05, 3.63) is 75.0 Å². The van der Waals surface area contributed by atoms with Crippen molar-refractivity contribution in [3.63, 3.8) is 0 Å². The van der Waals surface area contributed by atoms with E-state index < -0.39 is 0 Å². The summed E-state index contributed by atoms with van der Waals surface area (Å²) in [4.78, 5) is 13.9. The second kappa shape index (κ2) is 20.7. The minimum absolute atomic E-state index is 0.